The molecule has 2 atom stereocenters. The van der Waals surface area contributed by atoms with Gasteiger partial charge in [0.05, 0.1) is 34.7 Å². The summed E-state index contributed by atoms with van der Waals surface area (Å²) in [5.74, 6) is -1.99. The highest BCUT2D eigenvalue weighted by atomic mass is 32.2. The van der Waals surface area contributed by atoms with Gasteiger partial charge in [-0.3, -0.25) is 9.10 Å². The van der Waals surface area contributed by atoms with Crippen molar-refractivity contribution >= 4 is 27.3 Å². The standard InChI is InChI=1S/C32H38F4N4O4S/c1-4-37-24-18-25(29(33)27(19-24)40-14-9-15-45(40,43)44)30(42)39-26(16-21-10-6-5-7-11-21)28(41)20-38-31(2,3)22-12-8-13-23(17-22)32(34,35)36/h5-8,10-13,17-19,26,28,37-38,41H,4,9,14-16,20H2,1-3H3,(H,39,42)/t26-,28+/m0/s1. The van der Waals surface area contributed by atoms with Crippen molar-refractivity contribution in [3.63, 3.8) is 0 Å². The summed E-state index contributed by atoms with van der Waals surface area (Å²) in [5.41, 5.74) is -0.955. The Labute approximate surface area is 260 Å². The monoisotopic (exact) mass is 650 g/mol. The van der Waals surface area contributed by atoms with Crippen molar-refractivity contribution in [1.82, 2.24) is 10.6 Å². The molecule has 0 unspecified atom stereocenters. The molecule has 3 aromatic carbocycles. The number of alkyl halides is 3. The number of hydrogen-bond acceptors (Lipinski definition) is 6. The number of rotatable bonds is 12. The van der Waals surface area contributed by atoms with Gasteiger partial charge in [-0.15, -0.1) is 0 Å². The lowest BCUT2D eigenvalue weighted by Gasteiger charge is -2.32. The third-order valence-corrected chi connectivity index (χ3v) is 9.65. The number of hydrogen-bond donors (Lipinski definition) is 4. The average molecular weight is 651 g/mol. The maximum Gasteiger partial charge on any atom is 0.416 e. The molecule has 1 aliphatic rings. The summed E-state index contributed by atoms with van der Waals surface area (Å²) in [4.78, 5) is 13.6. The van der Waals surface area contributed by atoms with Gasteiger partial charge in [0.1, 0.15) is 0 Å². The molecule has 45 heavy (non-hydrogen) atoms. The molecule has 4 rings (SSSR count). The number of halogens is 4. The second-order valence-corrected chi connectivity index (χ2v) is 13.6. The van der Waals surface area contributed by atoms with Crippen LogP contribution in [0.3, 0.4) is 0 Å². The number of nitrogens with one attached hydrogen (secondary N) is 3. The predicted molar refractivity (Wildman–Crippen MR) is 166 cm³/mol. The number of amides is 1. The van der Waals surface area contributed by atoms with E-state index < -0.39 is 56.7 Å². The van der Waals surface area contributed by atoms with Gasteiger partial charge in [0.2, 0.25) is 10.0 Å². The Morgan fingerprint density at radius 3 is 2.33 bits per heavy atom. The molecule has 0 radical (unpaired) electrons. The van der Waals surface area contributed by atoms with E-state index in [1.54, 1.807) is 51.1 Å². The van der Waals surface area contributed by atoms with Crippen LogP contribution in [0.1, 0.15) is 54.2 Å². The molecule has 3 aromatic rings. The van der Waals surface area contributed by atoms with Crippen LogP contribution in [0, 0.1) is 5.82 Å². The first-order valence-corrected chi connectivity index (χ1v) is 16.3. The Hall–Kier alpha value is -3.68. The van der Waals surface area contributed by atoms with Crippen LogP contribution in [-0.4, -0.2) is 57.0 Å². The third kappa shape index (κ3) is 8.33. The van der Waals surface area contributed by atoms with Crippen molar-refractivity contribution in [3.05, 3.63) is 94.8 Å². The van der Waals surface area contributed by atoms with Gasteiger partial charge >= 0.3 is 6.18 Å². The van der Waals surface area contributed by atoms with Gasteiger partial charge in [0.15, 0.2) is 5.82 Å². The van der Waals surface area contributed by atoms with E-state index in [1.165, 1.54) is 18.2 Å². The number of sulfonamides is 1. The van der Waals surface area contributed by atoms with Crippen molar-refractivity contribution in [3.8, 4) is 0 Å². The smallest absolute Gasteiger partial charge is 0.390 e. The van der Waals surface area contributed by atoms with Gasteiger partial charge in [-0.25, -0.2) is 12.8 Å². The van der Waals surface area contributed by atoms with Crippen LogP contribution in [0.15, 0.2) is 66.7 Å². The van der Waals surface area contributed by atoms with Crippen molar-refractivity contribution < 1.29 is 35.9 Å². The van der Waals surface area contributed by atoms with E-state index in [2.05, 4.69) is 16.0 Å². The Morgan fingerprint density at radius 1 is 1.02 bits per heavy atom. The minimum atomic E-state index is -4.52. The third-order valence-electron chi connectivity index (χ3n) is 7.79. The van der Waals surface area contributed by atoms with Crippen LogP contribution in [-0.2, 0) is 28.2 Å². The van der Waals surface area contributed by atoms with Gasteiger partial charge in [0.25, 0.3) is 5.91 Å². The van der Waals surface area contributed by atoms with E-state index in [0.717, 1.165) is 22.0 Å². The second-order valence-electron chi connectivity index (χ2n) is 11.6. The van der Waals surface area contributed by atoms with Gasteiger partial charge in [0, 0.05) is 30.9 Å². The summed E-state index contributed by atoms with van der Waals surface area (Å²) in [6.07, 6.45) is -5.29. The van der Waals surface area contributed by atoms with E-state index in [0.29, 0.717) is 24.2 Å². The maximum atomic E-state index is 15.9. The van der Waals surface area contributed by atoms with E-state index in [-0.39, 0.29) is 31.0 Å². The summed E-state index contributed by atoms with van der Waals surface area (Å²) in [6.45, 7) is 5.54. The number of aliphatic hydroxyl groups is 1. The van der Waals surface area contributed by atoms with Crippen molar-refractivity contribution in [2.75, 3.05) is 35.0 Å². The lowest BCUT2D eigenvalue weighted by molar-refractivity contribution is -0.137. The Kier molecular flexibility index (Phi) is 10.5. The fraction of sp³-hybridized carbons (Fsp3) is 0.406. The molecule has 0 aromatic heterocycles. The van der Waals surface area contributed by atoms with Crippen LogP contribution in [0.4, 0.5) is 28.9 Å². The molecular formula is C32H38F4N4O4S. The number of carbonyl (C=O) groups is 1. The highest BCUT2D eigenvalue weighted by Gasteiger charge is 2.35. The van der Waals surface area contributed by atoms with Crippen LogP contribution in [0.5, 0.6) is 0 Å². The van der Waals surface area contributed by atoms with Crippen LogP contribution < -0.4 is 20.3 Å². The highest BCUT2D eigenvalue weighted by molar-refractivity contribution is 7.93. The zero-order valence-corrected chi connectivity index (χ0v) is 26.1. The summed E-state index contributed by atoms with van der Waals surface area (Å²) in [5, 5.41) is 20.1. The fourth-order valence-electron chi connectivity index (χ4n) is 5.26. The van der Waals surface area contributed by atoms with Gasteiger partial charge in [-0.2, -0.15) is 13.2 Å². The van der Waals surface area contributed by atoms with Gasteiger partial charge in [-0.1, -0.05) is 42.5 Å². The van der Waals surface area contributed by atoms with Crippen LogP contribution >= 0.6 is 0 Å². The summed E-state index contributed by atoms with van der Waals surface area (Å²) in [7, 11) is -3.75. The quantitative estimate of drug-likeness (QED) is 0.205. The highest BCUT2D eigenvalue weighted by Crippen LogP contribution is 2.33. The first-order valence-electron chi connectivity index (χ1n) is 14.7. The number of benzene rings is 3. The lowest BCUT2D eigenvalue weighted by atomic mass is 9.92. The molecule has 13 heteroatoms. The molecule has 244 valence electrons. The van der Waals surface area contributed by atoms with Crippen molar-refractivity contribution in [1.29, 1.82) is 0 Å². The lowest BCUT2D eigenvalue weighted by Crippen LogP contribution is -2.51. The molecule has 0 aliphatic carbocycles. The van der Waals surface area contributed by atoms with Crippen molar-refractivity contribution in [2.45, 2.75) is 57.5 Å². The molecule has 8 nitrogen and oxygen atoms in total. The number of aliphatic hydroxyl groups excluding tert-OH is 1. The molecule has 1 amide bonds. The molecular weight excluding hydrogens is 612 g/mol. The molecule has 1 aliphatic heterocycles. The number of anilines is 2. The normalized spacial score (nSPS) is 16.3. The first kappa shape index (κ1) is 34.2. The van der Waals surface area contributed by atoms with E-state index >= 15 is 4.39 Å². The predicted octanol–water partition coefficient (Wildman–Crippen LogP) is 5.04. The Morgan fingerprint density at radius 2 is 1.71 bits per heavy atom. The SMILES string of the molecule is CCNc1cc(C(=O)N[C@@H](Cc2ccccc2)[C@H](O)CNC(C)(C)c2cccc(C(F)(F)F)c2)c(F)c(N2CCCS2(=O)=O)c1. The molecule has 1 saturated heterocycles. The van der Waals surface area contributed by atoms with E-state index in [9.17, 15) is 31.5 Å². The average Bonchev–Trinajstić information content (AvgIpc) is 3.35. The Bertz CT molecular complexity index is 1600. The van der Waals surface area contributed by atoms with Gasteiger partial charge in [-0.05, 0) is 69.0 Å². The molecule has 0 bridgehead atoms. The molecule has 0 saturated carbocycles. The molecule has 0 spiro atoms. The van der Waals surface area contributed by atoms with Crippen molar-refractivity contribution in [2.24, 2.45) is 0 Å². The largest absolute Gasteiger partial charge is 0.416 e. The summed E-state index contributed by atoms with van der Waals surface area (Å²) in [6, 6.07) is 15.6. The number of nitrogens with zero attached hydrogens (tertiary/aromatic N) is 1. The minimum absolute atomic E-state index is 0.0819. The van der Waals surface area contributed by atoms with Crippen LogP contribution in [0.25, 0.3) is 0 Å². The summed E-state index contributed by atoms with van der Waals surface area (Å²) < 4.78 is 82.0. The Balaban J connectivity index is 1.60. The van der Waals surface area contributed by atoms with Crippen LogP contribution in [0.2, 0.25) is 0 Å². The zero-order chi connectivity index (χ0) is 33.0. The van der Waals surface area contributed by atoms with Gasteiger partial charge < -0.3 is 21.1 Å². The fourth-order valence-corrected chi connectivity index (χ4v) is 6.81. The maximum absolute atomic E-state index is 15.9. The van der Waals surface area contributed by atoms with E-state index in [4.69, 9.17) is 0 Å². The van der Waals surface area contributed by atoms with E-state index in [1.807, 2.05) is 6.07 Å². The topological polar surface area (TPSA) is 111 Å². The second kappa shape index (κ2) is 13.8. The minimum Gasteiger partial charge on any atom is -0.390 e. The molecule has 1 heterocycles. The summed E-state index contributed by atoms with van der Waals surface area (Å²) >= 11 is 0. The molecule has 4 N–H and O–H groups in total. The zero-order valence-electron chi connectivity index (χ0n) is 25.3. The molecule has 1 fully saturated rings. The first-order chi connectivity index (χ1) is 21.1. The number of carbonyl (C=O) groups excluding carboxylic acids is 1.